The first-order valence-corrected chi connectivity index (χ1v) is 55.4. The topological polar surface area (TPSA) is 262 Å². The van der Waals surface area contributed by atoms with E-state index in [0.717, 1.165) is 289 Å². The summed E-state index contributed by atoms with van der Waals surface area (Å²) in [4.78, 5) is 117. The van der Waals surface area contributed by atoms with Crippen molar-refractivity contribution in [2.75, 3.05) is 118 Å². The number of carbonyl (C=O) groups is 8. The van der Waals surface area contributed by atoms with Gasteiger partial charge in [0.05, 0.1) is 35.6 Å². The van der Waals surface area contributed by atoms with Crippen LogP contribution in [0, 0.1) is 41.4 Å². The van der Waals surface area contributed by atoms with Crippen molar-refractivity contribution >= 4 is 206 Å². The van der Waals surface area contributed by atoms with E-state index in [1.54, 1.807) is 52.5 Å². The Morgan fingerprint density at radius 3 is 0.729 bits per heavy atom. The Morgan fingerprint density at radius 1 is 0.271 bits per heavy atom. The summed E-state index contributed by atoms with van der Waals surface area (Å²) in [6.07, 6.45) is 37.8. The number of amides is 8. The summed E-state index contributed by atoms with van der Waals surface area (Å²) >= 11 is 39.3. The molecule has 0 saturated carbocycles. The van der Waals surface area contributed by atoms with Crippen LogP contribution >= 0.6 is 110 Å². The third kappa shape index (κ3) is 25.0. The Kier molecular flexibility index (Phi) is 34.7. The molecule has 8 aromatic rings. The van der Waals surface area contributed by atoms with Gasteiger partial charge in [0.2, 0.25) is 89.1 Å². The molecule has 760 valence electrons. The molecule has 8 fully saturated rings. The van der Waals surface area contributed by atoms with Crippen LogP contribution in [0.3, 0.4) is 0 Å². The predicted octanol–water partition coefficient (Wildman–Crippen LogP) is 19.4. The van der Waals surface area contributed by atoms with Crippen LogP contribution in [0.25, 0.3) is 48.6 Å². The molecule has 4 aromatic heterocycles. The number of nitrogens with zero attached hydrogens (tertiary/aromatic N) is 13. The maximum absolute atomic E-state index is 13.1. The molecule has 144 heavy (non-hydrogen) atoms. The highest BCUT2D eigenvalue weighted by Gasteiger charge is 2.46. The number of fused-ring (bicyclic) bond motifs is 8. The van der Waals surface area contributed by atoms with Crippen molar-refractivity contribution in [3.8, 4) is 0 Å². The highest BCUT2D eigenvalue weighted by Crippen LogP contribution is 2.49. The number of benzene rings is 4. The highest BCUT2D eigenvalue weighted by molar-refractivity contribution is 9.11. The summed E-state index contributed by atoms with van der Waals surface area (Å²) in [5.41, 5.74) is 16.0. The fourth-order valence-corrected chi connectivity index (χ4v) is 26.5. The second-order valence-corrected chi connectivity index (χ2v) is 46.2. The third-order valence-electron chi connectivity index (χ3n) is 31.9. The molecule has 0 unspecified atom stereocenters. The lowest BCUT2D eigenvalue weighted by atomic mass is 9.76. The predicted molar refractivity (Wildman–Crippen MR) is 569 cm³/mol. The van der Waals surface area contributed by atoms with Crippen LogP contribution in [-0.2, 0) is 38.4 Å². The lowest BCUT2D eigenvalue weighted by Crippen LogP contribution is -2.52. The molecular formula is C111H127Br4Cl4N13O12+4. The zero-order chi connectivity index (χ0) is 102. The molecule has 8 amide bonds. The zero-order valence-electron chi connectivity index (χ0n) is 81.9. The molecule has 12 aliphatic rings. The monoisotopic (exact) mass is 2290 g/mol. The first-order valence-electron chi connectivity index (χ1n) is 50.7. The molecule has 4 N–H and O–H groups in total. The van der Waals surface area contributed by atoms with Crippen LogP contribution in [-0.4, -0.2) is 230 Å². The minimum atomic E-state index is -0.173. The second kappa shape index (κ2) is 47.3. The summed E-state index contributed by atoms with van der Waals surface area (Å²) in [5.74, 6) is 3.61. The van der Waals surface area contributed by atoms with Crippen molar-refractivity contribution in [2.45, 2.75) is 167 Å². The van der Waals surface area contributed by atoms with Gasteiger partial charge in [-0.2, -0.15) is 0 Å². The lowest BCUT2D eigenvalue weighted by Gasteiger charge is -2.39. The zero-order valence-corrected chi connectivity index (χ0v) is 91.2. The fourth-order valence-electron chi connectivity index (χ4n) is 24.1. The molecule has 4 aliphatic carbocycles. The molecule has 4 aromatic carbocycles. The van der Waals surface area contributed by atoms with E-state index in [0.29, 0.717) is 95.6 Å². The highest BCUT2D eigenvalue weighted by atomic mass is 79.9. The van der Waals surface area contributed by atoms with Gasteiger partial charge in [-0.25, -0.2) is 0 Å². The molecule has 4 atom stereocenters. The Morgan fingerprint density at radius 2 is 0.479 bits per heavy atom. The number of hydrogen-bond acceptors (Lipinski definition) is 13. The van der Waals surface area contributed by atoms with E-state index < -0.39 is 0 Å². The average Bonchev–Trinajstić information content (AvgIpc) is 1.68. The molecule has 33 heteroatoms. The minimum Gasteiger partial charge on any atom is -0.343 e. The summed E-state index contributed by atoms with van der Waals surface area (Å²) in [5, 5.41) is 46.5. The summed E-state index contributed by atoms with van der Waals surface area (Å²) < 4.78 is 8.20. The Labute approximate surface area is 896 Å². The van der Waals surface area contributed by atoms with Gasteiger partial charge >= 0.3 is 0 Å². The van der Waals surface area contributed by atoms with Crippen LogP contribution in [0.1, 0.15) is 257 Å². The number of piperidine rings is 7. The van der Waals surface area contributed by atoms with E-state index >= 15 is 0 Å². The second-order valence-electron chi connectivity index (χ2n) is 40.8. The number of hydrogen-bond donors (Lipinski definition) is 4. The van der Waals surface area contributed by atoms with Gasteiger partial charge in [0.15, 0.2) is 0 Å². The van der Waals surface area contributed by atoms with E-state index in [2.05, 4.69) is 105 Å². The fraction of sp³-hybridized carbons (Fsp3) is 0.459. The molecule has 0 bridgehead atoms. The molecule has 8 aliphatic heterocycles. The summed E-state index contributed by atoms with van der Waals surface area (Å²) in [6, 6.07) is 31.8. The maximum Gasteiger partial charge on any atom is 0.262 e. The van der Waals surface area contributed by atoms with Gasteiger partial charge in [0.1, 0.15) is 6.04 Å². The van der Waals surface area contributed by atoms with Crippen LogP contribution < -0.4 is 18.9 Å². The normalized spacial score (nSPS) is 20.6. The van der Waals surface area contributed by atoms with Crippen molar-refractivity contribution in [3.63, 3.8) is 0 Å². The van der Waals surface area contributed by atoms with E-state index in [1.165, 1.54) is 18.9 Å². The van der Waals surface area contributed by atoms with Crippen molar-refractivity contribution in [3.05, 3.63) is 249 Å². The first-order chi connectivity index (χ1) is 69.2. The number of likely N-dealkylation sites (tertiary alicyclic amines) is 7. The summed E-state index contributed by atoms with van der Waals surface area (Å²) in [6.45, 7) is 19.5. The molecule has 0 radical (unpaired) electrons. The number of carbonyl (C=O) groups excluding carboxylic acids is 8. The quantitative estimate of drug-likeness (QED) is 0.0656. The lowest BCUT2D eigenvalue weighted by molar-refractivity contribution is -0.911. The molecule has 25 nitrogen and oxygen atoms in total. The van der Waals surface area contributed by atoms with Crippen molar-refractivity contribution in [1.82, 2.24) is 44.1 Å². The van der Waals surface area contributed by atoms with Gasteiger partial charge in [-0.3, -0.25) is 64.1 Å². The standard InChI is InChI=1S/3C28H32BrClN3O3.C27H31BrClN4O3/c3*1-18(34)31-10-6-19(7-11-31)14-26(35)32-12-8-20(9-13-32)27-25-5-4-24(30)16-21(25)2-3-22-15-23(29)17-33(36)28(22)27;1-18(34)30-8-6-19(7-9-30)14-25(35)31-10-12-32(13-11-31)27-24-5-4-23(29)16-20(24)2-3-21-15-22(28)17-33(36)26(21)27/h3*2-5,15-17,19-20,27,36H,6-14H2,1H3;2-5,15-17,19,27,36H,6-14H2,1H3/q4*+1/t4*27-/m1100/s1. The Bertz CT molecular complexity index is 5550. The van der Waals surface area contributed by atoms with Crippen LogP contribution in [0.5, 0.6) is 0 Å². The minimum absolute atomic E-state index is 0.00599. The van der Waals surface area contributed by atoms with Crippen LogP contribution in [0.15, 0.2) is 140 Å². The molecule has 8 saturated heterocycles. The number of halogens is 8. The van der Waals surface area contributed by atoms with Gasteiger partial charge in [0, 0.05) is 232 Å². The number of aromatic nitrogens is 4. The van der Waals surface area contributed by atoms with Crippen molar-refractivity contribution < 1.29 is 78.1 Å². The molecule has 0 spiro atoms. The smallest absolute Gasteiger partial charge is 0.262 e. The molecule has 20 rings (SSSR count). The Balaban J connectivity index is 0.000000132. The van der Waals surface area contributed by atoms with Gasteiger partial charge in [-0.1, -0.05) is 95.0 Å². The Hall–Kier alpha value is -9.56. The SMILES string of the molecule is CC(=O)N1CCC(CC(=O)N2CCC([C@@H]3c4ccc(Cl)cc4C=Cc4cc(Br)c[n+](O)c43)CC2)CC1.CC(=O)N1CCC(CC(=O)N2CCC([C@@H]3c4ccc(Cl)cc4C=Cc4cc(Br)c[n+](O)c43)CC2)CC1.CC(=O)N1CCC(CC(=O)N2CCC([C@H]3c4ccc(Cl)cc4C=Cc4cc(Br)c[n+](O)c43)CC2)CC1.CC(=O)N1CCC(CC(=O)N2CCN([C@H]3c4ccc(Cl)cc4C=Cc4cc(Br)c[n+](O)c43)CC2)CC1. The van der Waals surface area contributed by atoms with E-state index in [4.69, 9.17) is 46.4 Å². The van der Waals surface area contributed by atoms with Gasteiger partial charge in [0.25, 0.3) is 5.69 Å². The largest absolute Gasteiger partial charge is 0.343 e. The first kappa shape index (κ1) is 106. The van der Waals surface area contributed by atoms with Crippen molar-refractivity contribution in [1.29, 1.82) is 0 Å². The van der Waals surface area contributed by atoms with Gasteiger partial charge < -0.3 is 39.2 Å². The summed E-state index contributed by atoms with van der Waals surface area (Å²) in [7, 11) is 0. The number of pyridine rings is 4. The maximum atomic E-state index is 13.1. The number of rotatable bonds is 12. The number of piperazine rings is 1. The van der Waals surface area contributed by atoms with Crippen molar-refractivity contribution in [2.24, 2.45) is 41.4 Å². The van der Waals surface area contributed by atoms with Gasteiger partial charge in [-0.15, -0.1) is 0 Å². The van der Waals surface area contributed by atoms with E-state index in [1.807, 2.05) is 148 Å². The van der Waals surface area contributed by atoms with Crippen LogP contribution in [0.4, 0.5) is 0 Å². The van der Waals surface area contributed by atoms with Gasteiger partial charge in [-0.05, 0) is 337 Å². The van der Waals surface area contributed by atoms with E-state index in [9.17, 15) is 59.2 Å². The molecular weight excluding hydrogens is 2170 g/mol. The van der Waals surface area contributed by atoms with E-state index in [-0.39, 0.29) is 88.8 Å². The molecule has 12 heterocycles. The van der Waals surface area contributed by atoms with Crippen LogP contribution in [0.2, 0.25) is 20.1 Å². The third-order valence-corrected chi connectivity index (χ3v) is 34.6. The average molecular weight is 2300 g/mol.